The third-order valence-corrected chi connectivity index (χ3v) is 6.72. The monoisotopic (exact) mass is 228 g/mol. The predicted molar refractivity (Wildman–Crippen MR) is 68.5 cm³/mol. The summed E-state index contributed by atoms with van der Waals surface area (Å²) in [6.07, 6.45) is 20.9. The Morgan fingerprint density at radius 3 is 2.38 bits per heavy atom. The Morgan fingerprint density at radius 2 is 1.62 bits per heavy atom. The molecule has 0 amide bonds. The highest BCUT2D eigenvalue weighted by molar-refractivity contribution is 6.55. The fraction of sp³-hybridized carbons (Fsp3) is 0.429. The maximum Gasteiger partial charge on any atom is 0.472 e. The van der Waals surface area contributed by atoms with Crippen LogP contribution in [-0.2, 0) is 3.79 Å². The summed E-state index contributed by atoms with van der Waals surface area (Å²) in [5.41, 5.74) is 0. The maximum absolute atomic E-state index is 6.39. The van der Waals surface area contributed by atoms with Gasteiger partial charge in [-0.15, -0.1) is 0 Å². The van der Waals surface area contributed by atoms with E-state index in [0.29, 0.717) is 16.8 Å². The SMILES string of the molecule is C1=CC(C2CC[CH2][Al]([CH]3C=CC=C3)[O]2)C=C1. The average Bonchev–Trinajstić information content (AvgIpc) is 3.03. The zero-order valence-corrected chi connectivity index (χ0v) is 10.6. The Balaban J connectivity index is 1.65. The van der Waals surface area contributed by atoms with E-state index in [9.17, 15) is 0 Å². The lowest BCUT2D eigenvalue weighted by Crippen LogP contribution is -2.36. The van der Waals surface area contributed by atoms with Gasteiger partial charge in [0.15, 0.2) is 0 Å². The van der Waals surface area contributed by atoms with E-state index in [0.717, 1.165) is 0 Å². The van der Waals surface area contributed by atoms with Crippen LogP contribution < -0.4 is 0 Å². The zero-order chi connectivity index (χ0) is 10.8. The fourth-order valence-corrected chi connectivity index (χ4v) is 5.70. The van der Waals surface area contributed by atoms with Crippen molar-refractivity contribution in [2.45, 2.75) is 29.0 Å². The molecule has 0 N–H and O–H groups in total. The number of allylic oxidation sites excluding steroid dienone is 6. The van der Waals surface area contributed by atoms with E-state index in [1.54, 1.807) is 0 Å². The minimum Gasteiger partial charge on any atom is -0.497 e. The van der Waals surface area contributed by atoms with Crippen molar-refractivity contribution in [1.29, 1.82) is 0 Å². The van der Waals surface area contributed by atoms with Crippen molar-refractivity contribution in [2.75, 3.05) is 0 Å². The summed E-state index contributed by atoms with van der Waals surface area (Å²) in [4.78, 5) is 0. The summed E-state index contributed by atoms with van der Waals surface area (Å²) in [5, 5.41) is 1.34. The molecule has 2 heteroatoms. The number of hydrogen-bond donors (Lipinski definition) is 0. The first-order valence-corrected chi connectivity index (χ1v) is 8.24. The molecule has 1 unspecified atom stereocenters. The first-order chi connectivity index (χ1) is 7.93. The zero-order valence-electron chi connectivity index (χ0n) is 9.46. The fourth-order valence-electron chi connectivity index (χ4n) is 2.84. The lowest BCUT2D eigenvalue weighted by molar-refractivity contribution is 0.145. The van der Waals surface area contributed by atoms with Gasteiger partial charge in [0.2, 0.25) is 0 Å². The van der Waals surface area contributed by atoms with Gasteiger partial charge in [0, 0.05) is 12.0 Å². The van der Waals surface area contributed by atoms with E-state index in [2.05, 4.69) is 48.6 Å². The first kappa shape index (κ1) is 10.6. The van der Waals surface area contributed by atoms with Gasteiger partial charge in [-0.2, -0.15) is 0 Å². The van der Waals surface area contributed by atoms with Crippen molar-refractivity contribution in [1.82, 2.24) is 0 Å². The standard InChI is InChI=1S/C9H12O.C5H5.Al/c1-2-5-9(10)8-6-3-4-7-8;1-2-4-5-3-1;/h3-4,6-9H,1-2,5H2;1-5H;/q-1;;+1. The number of hydrogen-bond acceptors (Lipinski definition) is 1. The minimum absolute atomic E-state index is 0.461. The largest absolute Gasteiger partial charge is 0.497 e. The van der Waals surface area contributed by atoms with Gasteiger partial charge in [-0.1, -0.05) is 60.3 Å². The third-order valence-electron chi connectivity index (χ3n) is 3.74. The lowest BCUT2D eigenvalue weighted by Gasteiger charge is -2.32. The second-order valence-corrected chi connectivity index (χ2v) is 7.53. The summed E-state index contributed by atoms with van der Waals surface area (Å²) in [7, 11) is 0. The van der Waals surface area contributed by atoms with Gasteiger partial charge in [-0.25, -0.2) is 0 Å². The molecule has 0 aromatic rings. The van der Waals surface area contributed by atoms with Crippen LogP contribution >= 0.6 is 0 Å². The van der Waals surface area contributed by atoms with Crippen molar-refractivity contribution in [3.63, 3.8) is 0 Å². The Bertz CT molecular complexity index is 309. The minimum atomic E-state index is -1.03. The van der Waals surface area contributed by atoms with Crippen LogP contribution in [0.3, 0.4) is 0 Å². The molecule has 0 spiro atoms. The molecule has 16 heavy (non-hydrogen) atoms. The van der Waals surface area contributed by atoms with Crippen LogP contribution in [0.15, 0.2) is 48.6 Å². The molecule has 82 valence electrons. The molecule has 1 saturated heterocycles. The molecule has 1 fully saturated rings. The molecule has 2 aliphatic carbocycles. The number of rotatable bonds is 2. The normalized spacial score (nSPS) is 29.8. The molecule has 3 rings (SSSR count). The molecule has 1 aliphatic heterocycles. The van der Waals surface area contributed by atoms with Crippen LogP contribution in [0.5, 0.6) is 0 Å². The van der Waals surface area contributed by atoms with Crippen LogP contribution in [0, 0.1) is 5.92 Å². The Hall–Kier alpha value is -0.548. The molecule has 0 radical (unpaired) electrons. The quantitative estimate of drug-likeness (QED) is 0.658. The molecule has 0 saturated carbocycles. The van der Waals surface area contributed by atoms with Crippen LogP contribution in [0.2, 0.25) is 10.1 Å². The molecule has 1 heterocycles. The van der Waals surface area contributed by atoms with Gasteiger partial charge < -0.3 is 3.79 Å². The van der Waals surface area contributed by atoms with E-state index in [4.69, 9.17) is 3.79 Å². The molecular weight excluding hydrogens is 211 g/mol. The topological polar surface area (TPSA) is 9.23 Å². The third kappa shape index (κ3) is 2.11. The highest BCUT2D eigenvalue weighted by Gasteiger charge is 2.36. The molecule has 1 atom stereocenters. The first-order valence-electron chi connectivity index (χ1n) is 6.29. The van der Waals surface area contributed by atoms with Gasteiger partial charge in [0.1, 0.15) is 0 Å². The van der Waals surface area contributed by atoms with Gasteiger partial charge in [-0.05, 0) is 11.2 Å². The van der Waals surface area contributed by atoms with E-state index in [-0.39, 0.29) is 0 Å². The van der Waals surface area contributed by atoms with E-state index < -0.39 is 14.5 Å². The molecule has 0 aromatic heterocycles. The predicted octanol–water partition coefficient (Wildman–Crippen LogP) is 3.40. The van der Waals surface area contributed by atoms with E-state index >= 15 is 0 Å². The highest BCUT2D eigenvalue weighted by Crippen LogP contribution is 2.33. The van der Waals surface area contributed by atoms with Crippen LogP contribution in [-0.4, -0.2) is 20.6 Å². The second kappa shape index (κ2) is 4.76. The summed E-state index contributed by atoms with van der Waals surface area (Å²) in [6, 6.07) is 0. The molecule has 0 bridgehead atoms. The van der Waals surface area contributed by atoms with Crippen LogP contribution in [0.4, 0.5) is 0 Å². The molecular formula is C14H17AlO. The van der Waals surface area contributed by atoms with Crippen molar-refractivity contribution >= 4 is 14.5 Å². The van der Waals surface area contributed by atoms with Gasteiger partial charge in [-0.3, -0.25) is 0 Å². The van der Waals surface area contributed by atoms with Crippen molar-refractivity contribution in [3.05, 3.63) is 48.6 Å². The summed E-state index contributed by atoms with van der Waals surface area (Å²) < 4.78 is 7.04. The van der Waals surface area contributed by atoms with Gasteiger partial charge in [0.25, 0.3) is 0 Å². The second-order valence-electron chi connectivity index (χ2n) is 4.84. The Kier molecular flexibility index (Phi) is 3.15. The molecule has 3 aliphatic rings. The summed E-state index contributed by atoms with van der Waals surface area (Å²) in [6.45, 7) is 0. The van der Waals surface area contributed by atoms with Gasteiger partial charge in [0.05, 0.1) is 0 Å². The summed E-state index contributed by atoms with van der Waals surface area (Å²) in [5.74, 6) is 0.546. The van der Waals surface area contributed by atoms with Crippen molar-refractivity contribution in [2.24, 2.45) is 5.92 Å². The highest BCUT2D eigenvalue weighted by atomic mass is 27.2. The molecule has 1 nitrogen and oxygen atoms in total. The van der Waals surface area contributed by atoms with Gasteiger partial charge >= 0.3 is 14.5 Å². The summed E-state index contributed by atoms with van der Waals surface area (Å²) >= 11 is -1.03. The van der Waals surface area contributed by atoms with Crippen molar-refractivity contribution in [3.8, 4) is 0 Å². The Morgan fingerprint density at radius 1 is 0.938 bits per heavy atom. The van der Waals surface area contributed by atoms with E-state index in [1.165, 1.54) is 18.1 Å². The van der Waals surface area contributed by atoms with Crippen LogP contribution in [0.1, 0.15) is 12.8 Å². The molecule has 0 aromatic carbocycles. The average molecular weight is 228 g/mol. The lowest BCUT2D eigenvalue weighted by atomic mass is 10.0. The van der Waals surface area contributed by atoms with E-state index in [1.807, 2.05) is 0 Å². The Labute approximate surface area is 102 Å². The maximum atomic E-state index is 6.39. The van der Waals surface area contributed by atoms with Crippen LogP contribution in [0.25, 0.3) is 0 Å². The van der Waals surface area contributed by atoms with Crippen molar-refractivity contribution < 1.29 is 3.79 Å². The smallest absolute Gasteiger partial charge is 0.472 e.